The molecule has 0 aliphatic carbocycles. The normalized spacial score (nSPS) is 21.0. The Labute approximate surface area is 168 Å². The van der Waals surface area contributed by atoms with Crippen molar-refractivity contribution in [1.82, 2.24) is 9.80 Å². The summed E-state index contributed by atoms with van der Waals surface area (Å²) in [5.74, 6) is 0.954. The smallest absolute Gasteiger partial charge is 0.253 e. The molecule has 4 heteroatoms. The molecule has 4 rings (SSSR count). The number of hydrogen-bond acceptors (Lipinski definition) is 3. The summed E-state index contributed by atoms with van der Waals surface area (Å²) < 4.78 is 0. The van der Waals surface area contributed by atoms with Gasteiger partial charge in [-0.15, -0.1) is 0 Å². The average molecular weight is 378 g/mol. The second-order valence-corrected chi connectivity index (χ2v) is 8.29. The van der Waals surface area contributed by atoms with E-state index in [1.54, 1.807) is 0 Å². The summed E-state index contributed by atoms with van der Waals surface area (Å²) in [6.07, 6.45) is 2.65. The van der Waals surface area contributed by atoms with E-state index in [9.17, 15) is 4.79 Å². The Bertz CT molecular complexity index is 766. The Hall–Kier alpha value is -2.33. The van der Waals surface area contributed by atoms with Crippen LogP contribution in [0.3, 0.4) is 0 Å². The summed E-state index contributed by atoms with van der Waals surface area (Å²) in [5.41, 5.74) is 3.36. The van der Waals surface area contributed by atoms with Crippen LogP contribution in [0.15, 0.2) is 54.6 Å². The third-order valence-electron chi connectivity index (χ3n) is 6.04. The number of para-hydroxylation sites is 1. The first kappa shape index (κ1) is 19.0. The van der Waals surface area contributed by atoms with Crippen LogP contribution in [0.2, 0.25) is 0 Å². The molecule has 0 aromatic heterocycles. The number of carbonyl (C=O) groups is 1. The molecular weight excluding hydrogens is 346 g/mol. The summed E-state index contributed by atoms with van der Waals surface area (Å²) >= 11 is 0. The Balaban J connectivity index is 1.31. The average Bonchev–Trinajstić information content (AvgIpc) is 2.75. The third-order valence-corrected chi connectivity index (χ3v) is 6.04. The number of piperazine rings is 1. The molecule has 1 atom stereocenters. The van der Waals surface area contributed by atoms with Gasteiger partial charge in [-0.05, 0) is 55.1 Å². The molecule has 2 aromatic rings. The van der Waals surface area contributed by atoms with Crippen molar-refractivity contribution in [3.63, 3.8) is 0 Å². The van der Waals surface area contributed by atoms with Crippen molar-refractivity contribution in [2.75, 3.05) is 44.2 Å². The fourth-order valence-corrected chi connectivity index (χ4v) is 4.43. The number of hydrogen-bond donors (Lipinski definition) is 0. The van der Waals surface area contributed by atoms with Crippen LogP contribution >= 0.6 is 0 Å². The van der Waals surface area contributed by atoms with Gasteiger partial charge < -0.3 is 9.80 Å². The van der Waals surface area contributed by atoms with Gasteiger partial charge in [0.15, 0.2) is 0 Å². The first-order chi connectivity index (χ1) is 13.7. The van der Waals surface area contributed by atoms with Crippen molar-refractivity contribution in [2.24, 2.45) is 5.92 Å². The molecule has 2 fully saturated rings. The van der Waals surface area contributed by atoms with Crippen LogP contribution in [0.4, 0.5) is 5.69 Å². The molecule has 0 bridgehead atoms. The molecular formula is C24H31N3O. The number of amides is 1. The molecule has 148 valence electrons. The molecule has 2 saturated heterocycles. The van der Waals surface area contributed by atoms with Gasteiger partial charge in [-0.2, -0.15) is 0 Å². The lowest BCUT2D eigenvalue weighted by molar-refractivity contribution is 0.0747. The lowest BCUT2D eigenvalue weighted by Crippen LogP contribution is -2.48. The van der Waals surface area contributed by atoms with Gasteiger partial charge >= 0.3 is 0 Å². The van der Waals surface area contributed by atoms with E-state index < -0.39 is 0 Å². The number of piperidine rings is 1. The highest BCUT2D eigenvalue weighted by Crippen LogP contribution is 2.19. The van der Waals surface area contributed by atoms with E-state index in [1.807, 2.05) is 23.1 Å². The zero-order chi connectivity index (χ0) is 19.3. The number of rotatable bonds is 4. The highest BCUT2D eigenvalue weighted by Gasteiger charge is 2.22. The third kappa shape index (κ3) is 4.56. The van der Waals surface area contributed by atoms with Crippen LogP contribution in [0, 0.1) is 5.92 Å². The minimum atomic E-state index is 0.158. The van der Waals surface area contributed by atoms with Gasteiger partial charge in [-0.1, -0.05) is 37.3 Å². The Kier molecular flexibility index (Phi) is 5.96. The summed E-state index contributed by atoms with van der Waals surface area (Å²) in [6, 6.07) is 18.7. The Morgan fingerprint density at radius 1 is 0.929 bits per heavy atom. The van der Waals surface area contributed by atoms with Crippen LogP contribution in [0.5, 0.6) is 0 Å². The van der Waals surface area contributed by atoms with E-state index in [0.29, 0.717) is 0 Å². The van der Waals surface area contributed by atoms with E-state index in [4.69, 9.17) is 0 Å². The molecule has 2 aliphatic heterocycles. The van der Waals surface area contributed by atoms with Gasteiger partial charge in [0, 0.05) is 50.5 Å². The monoisotopic (exact) mass is 377 g/mol. The van der Waals surface area contributed by atoms with Crippen LogP contribution < -0.4 is 4.90 Å². The highest BCUT2D eigenvalue weighted by atomic mass is 16.2. The lowest BCUT2D eigenvalue weighted by Gasteiger charge is -2.36. The van der Waals surface area contributed by atoms with Gasteiger partial charge in [0.25, 0.3) is 5.91 Å². The van der Waals surface area contributed by atoms with E-state index in [2.05, 4.69) is 53.1 Å². The second kappa shape index (κ2) is 8.78. The molecule has 0 saturated carbocycles. The molecule has 4 nitrogen and oxygen atoms in total. The summed E-state index contributed by atoms with van der Waals surface area (Å²) in [6.45, 7) is 9.05. The van der Waals surface area contributed by atoms with E-state index in [1.165, 1.54) is 37.2 Å². The van der Waals surface area contributed by atoms with Crippen molar-refractivity contribution in [3.05, 3.63) is 65.7 Å². The minimum absolute atomic E-state index is 0.158. The minimum Gasteiger partial charge on any atom is -0.368 e. The lowest BCUT2D eigenvalue weighted by atomic mass is 9.99. The van der Waals surface area contributed by atoms with Gasteiger partial charge in [0.05, 0.1) is 0 Å². The van der Waals surface area contributed by atoms with Crippen molar-refractivity contribution >= 4 is 11.6 Å². The standard InChI is InChI=1S/C24H31N3O/c1-20-6-5-13-25(18-20)19-21-9-11-22(12-10-21)24(28)27-16-14-26(15-17-27)23-7-3-2-4-8-23/h2-4,7-12,20H,5-6,13-19H2,1H3/t20-/m0/s1. The number of anilines is 1. The zero-order valence-corrected chi connectivity index (χ0v) is 16.9. The summed E-state index contributed by atoms with van der Waals surface area (Å²) in [7, 11) is 0. The van der Waals surface area contributed by atoms with Crippen LogP contribution in [-0.4, -0.2) is 55.0 Å². The van der Waals surface area contributed by atoms with Gasteiger partial charge in [-0.3, -0.25) is 9.69 Å². The maximum Gasteiger partial charge on any atom is 0.253 e. The number of benzene rings is 2. The van der Waals surface area contributed by atoms with Gasteiger partial charge in [0.2, 0.25) is 0 Å². The maximum absolute atomic E-state index is 12.9. The number of likely N-dealkylation sites (tertiary alicyclic amines) is 1. The quantitative estimate of drug-likeness (QED) is 0.809. The first-order valence-electron chi connectivity index (χ1n) is 10.6. The molecule has 0 spiro atoms. The fraction of sp³-hybridized carbons (Fsp3) is 0.458. The topological polar surface area (TPSA) is 26.8 Å². The summed E-state index contributed by atoms with van der Waals surface area (Å²) in [4.78, 5) is 19.8. The van der Waals surface area contributed by atoms with E-state index in [0.717, 1.165) is 44.2 Å². The molecule has 2 aliphatic rings. The van der Waals surface area contributed by atoms with Crippen molar-refractivity contribution in [1.29, 1.82) is 0 Å². The van der Waals surface area contributed by atoms with Crippen LogP contribution in [-0.2, 0) is 6.54 Å². The largest absolute Gasteiger partial charge is 0.368 e. The highest BCUT2D eigenvalue weighted by molar-refractivity contribution is 5.94. The van der Waals surface area contributed by atoms with Crippen molar-refractivity contribution in [3.8, 4) is 0 Å². The molecule has 0 radical (unpaired) electrons. The van der Waals surface area contributed by atoms with Gasteiger partial charge in [0.1, 0.15) is 0 Å². The number of carbonyl (C=O) groups excluding carboxylic acids is 1. The Morgan fingerprint density at radius 2 is 1.64 bits per heavy atom. The first-order valence-corrected chi connectivity index (χ1v) is 10.6. The van der Waals surface area contributed by atoms with Gasteiger partial charge in [-0.25, -0.2) is 0 Å². The molecule has 2 heterocycles. The van der Waals surface area contributed by atoms with Crippen LogP contribution in [0.25, 0.3) is 0 Å². The molecule has 2 aromatic carbocycles. The zero-order valence-electron chi connectivity index (χ0n) is 16.9. The SMILES string of the molecule is C[C@H]1CCCN(Cc2ccc(C(=O)N3CCN(c4ccccc4)CC3)cc2)C1. The van der Waals surface area contributed by atoms with E-state index >= 15 is 0 Å². The summed E-state index contributed by atoms with van der Waals surface area (Å²) in [5, 5.41) is 0. The Morgan fingerprint density at radius 3 is 2.32 bits per heavy atom. The van der Waals surface area contributed by atoms with Crippen LogP contribution in [0.1, 0.15) is 35.7 Å². The van der Waals surface area contributed by atoms with E-state index in [-0.39, 0.29) is 5.91 Å². The maximum atomic E-state index is 12.9. The second-order valence-electron chi connectivity index (χ2n) is 8.29. The molecule has 28 heavy (non-hydrogen) atoms. The molecule has 0 unspecified atom stereocenters. The fourth-order valence-electron chi connectivity index (χ4n) is 4.43. The van der Waals surface area contributed by atoms with Crippen molar-refractivity contribution < 1.29 is 4.79 Å². The predicted octanol–water partition coefficient (Wildman–Crippen LogP) is 3.88. The molecule has 1 amide bonds. The number of nitrogens with zero attached hydrogens (tertiary/aromatic N) is 3. The van der Waals surface area contributed by atoms with Crippen molar-refractivity contribution in [2.45, 2.75) is 26.3 Å². The predicted molar refractivity (Wildman–Crippen MR) is 115 cm³/mol. The molecule has 0 N–H and O–H groups in total.